The van der Waals surface area contributed by atoms with Crippen LogP contribution in [0.3, 0.4) is 0 Å². The van der Waals surface area contributed by atoms with E-state index in [1.165, 1.54) is 0 Å². The highest BCUT2D eigenvalue weighted by Gasteiger charge is 2.12. The van der Waals surface area contributed by atoms with Gasteiger partial charge < -0.3 is 0 Å². The molecular formula is C44H34N4. The molecule has 0 atom stereocenters. The smallest absolute Gasteiger partial charge is 0.0972 e. The zero-order valence-corrected chi connectivity index (χ0v) is 27.1. The summed E-state index contributed by atoms with van der Waals surface area (Å²) in [6, 6.07) is 33.5. The molecule has 0 fully saturated rings. The van der Waals surface area contributed by atoms with Crippen LogP contribution in [0.5, 0.6) is 0 Å². The van der Waals surface area contributed by atoms with Gasteiger partial charge in [0, 0.05) is 32.7 Å². The summed E-state index contributed by atoms with van der Waals surface area (Å²) in [6.45, 7) is 11.8. The number of nitrogens with zero attached hydrogens (tertiary/aromatic N) is 4. The highest BCUT2D eigenvalue weighted by Crippen LogP contribution is 2.32. The third kappa shape index (κ3) is 5.76. The third-order valence-electron chi connectivity index (χ3n) is 8.50. The highest BCUT2D eigenvalue weighted by atomic mass is 14.8. The van der Waals surface area contributed by atoms with Gasteiger partial charge in [0.05, 0.1) is 44.8 Å². The van der Waals surface area contributed by atoms with E-state index in [0.717, 1.165) is 88.7 Å². The minimum atomic E-state index is 0.865. The summed E-state index contributed by atoms with van der Waals surface area (Å²) in [5.74, 6) is 0. The molecule has 0 bridgehead atoms. The van der Waals surface area contributed by atoms with Gasteiger partial charge in [-0.15, -0.1) is 0 Å². The van der Waals surface area contributed by atoms with Crippen molar-refractivity contribution in [1.29, 1.82) is 0 Å². The van der Waals surface area contributed by atoms with E-state index >= 15 is 0 Å². The summed E-state index contributed by atoms with van der Waals surface area (Å²) in [7, 11) is 0. The Morgan fingerprint density at radius 3 is 1.50 bits per heavy atom. The van der Waals surface area contributed by atoms with Crippen molar-refractivity contribution < 1.29 is 0 Å². The summed E-state index contributed by atoms with van der Waals surface area (Å²) in [4.78, 5) is 20.5. The number of aromatic nitrogens is 4. The van der Waals surface area contributed by atoms with Crippen molar-refractivity contribution >= 4 is 54.8 Å². The molecule has 4 heterocycles. The number of hydrogen-bond donors (Lipinski definition) is 0. The summed E-state index contributed by atoms with van der Waals surface area (Å²) >= 11 is 0. The average molecular weight is 619 g/mol. The van der Waals surface area contributed by atoms with Crippen molar-refractivity contribution in [3.05, 3.63) is 170 Å². The fourth-order valence-corrected chi connectivity index (χ4v) is 5.98. The molecule has 0 saturated carbocycles. The standard InChI is InChI=1S/C44H34N4/c1-5-9-12-29(7-3)37-24-20-31-16-18-33-22-26-39(47-43(33)41(31)45-37)35-14-11-15-36(28-35)40-27-23-34-19-17-32-21-25-38(30(8-4)13-10-6-2)46-42(32)44(34)48-40/h5-28H,1,4H2,2-3H3/b10-6-,12-9-,29-7+,30-13+. The molecule has 0 radical (unpaired) electrons. The minimum absolute atomic E-state index is 0.865. The largest absolute Gasteiger partial charge is 0.246 e. The summed E-state index contributed by atoms with van der Waals surface area (Å²) in [5.41, 5.74) is 11.0. The lowest BCUT2D eigenvalue weighted by molar-refractivity contribution is 1.33. The van der Waals surface area contributed by atoms with Crippen molar-refractivity contribution in [3.8, 4) is 22.5 Å². The molecule has 230 valence electrons. The van der Waals surface area contributed by atoms with E-state index in [1.807, 2.05) is 56.4 Å². The van der Waals surface area contributed by atoms with Gasteiger partial charge in [0.25, 0.3) is 0 Å². The van der Waals surface area contributed by atoms with E-state index in [1.54, 1.807) is 6.08 Å². The summed E-state index contributed by atoms with van der Waals surface area (Å²) in [5, 5.41) is 4.18. The van der Waals surface area contributed by atoms with Crippen LogP contribution >= 0.6 is 0 Å². The van der Waals surface area contributed by atoms with Gasteiger partial charge in [0.1, 0.15) is 0 Å². The Hall–Kier alpha value is -6.26. The topological polar surface area (TPSA) is 51.6 Å². The molecule has 3 aromatic carbocycles. The van der Waals surface area contributed by atoms with Crippen LogP contribution in [-0.4, -0.2) is 19.9 Å². The first-order valence-electron chi connectivity index (χ1n) is 16.0. The Morgan fingerprint density at radius 2 is 1.02 bits per heavy atom. The van der Waals surface area contributed by atoms with Crippen LogP contribution in [0.1, 0.15) is 25.2 Å². The number of fused-ring (bicyclic) bond motifs is 6. The molecule has 0 N–H and O–H groups in total. The molecular weight excluding hydrogens is 585 g/mol. The molecule has 0 aliphatic rings. The molecule has 0 amide bonds. The molecule has 0 saturated heterocycles. The predicted octanol–water partition coefficient (Wildman–Crippen LogP) is 11.5. The summed E-state index contributed by atoms with van der Waals surface area (Å²) < 4.78 is 0. The quantitative estimate of drug-likeness (QED) is 0.126. The lowest BCUT2D eigenvalue weighted by Gasteiger charge is -2.10. The van der Waals surface area contributed by atoms with Crippen molar-refractivity contribution in [2.75, 3.05) is 0 Å². The molecule has 4 nitrogen and oxygen atoms in total. The second-order valence-electron chi connectivity index (χ2n) is 11.5. The van der Waals surface area contributed by atoms with Gasteiger partial charge >= 0.3 is 0 Å². The third-order valence-corrected chi connectivity index (χ3v) is 8.50. The van der Waals surface area contributed by atoms with Crippen LogP contribution < -0.4 is 0 Å². The van der Waals surface area contributed by atoms with Gasteiger partial charge in [-0.1, -0.05) is 128 Å². The number of rotatable bonds is 8. The molecule has 0 unspecified atom stereocenters. The lowest BCUT2D eigenvalue weighted by Crippen LogP contribution is -1.93. The maximum absolute atomic E-state index is 5.18. The molecule has 4 aromatic heterocycles. The van der Waals surface area contributed by atoms with E-state index < -0.39 is 0 Å². The van der Waals surface area contributed by atoms with Crippen LogP contribution in [0.2, 0.25) is 0 Å². The Balaban J connectivity index is 1.32. The first kappa shape index (κ1) is 30.4. The van der Waals surface area contributed by atoms with Gasteiger partial charge in [-0.3, -0.25) is 0 Å². The Labute approximate surface area is 280 Å². The molecule has 0 spiro atoms. The second-order valence-corrected chi connectivity index (χ2v) is 11.5. The van der Waals surface area contributed by atoms with Crippen LogP contribution in [-0.2, 0) is 0 Å². The van der Waals surface area contributed by atoms with Crippen LogP contribution in [0, 0.1) is 0 Å². The first-order chi connectivity index (χ1) is 23.6. The van der Waals surface area contributed by atoms with Gasteiger partial charge in [0.2, 0.25) is 0 Å². The average Bonchev–Trinajstić information content (AvgIpc) is 3.14. The van der Waals surface area contributed by atoms with Gasteiger partial charge in [-0.2, -0.15) is 0 Å². The molecule has 48 heavy (non-hydrogen) atoms. The van der Waals surface area contributed by atoms with Crippen LogP contribution in [0.4, 0.5) is 0 Å². The van der Waals surface area contributed by atoms with Gasteiger partial charge in [0.15, 0.2) is 0 Å². The van der Waals surface area contributed by atoms with E-state index in [0.29, 0.717) is 0 Å². The Bertz CT molecular complexity index is 2510. The van der Waals surface area contributed by atoms with E-state index in [-0.39, 0.29) is 0 Å². The second kappa shape index (κ2) is 13.2. The normalized spacial score (nSPS) is 12.6. The van der Waals surface area contributed by atoms with Crippen LogP contribution in [0.15, 0.2) is 159 Å². The number of allylic oxidation sites excluding steroid dienone is 10. The summed E-state index contributed by atoms with van der Waals surface area (Å²) in [6.07, 6.45) is 15.6. The Kier molecular flexibility index (Phi) is 8.38. The predicted molar refractivity (Wildman–Crippen MR) is 204 cm³/mol. The maximum Gasteiger partial charge on any atom is 0.0972 e. The Morgan fingerprint density at radius 1 is 0.542 bits per heavy atom. The van der Waals surface area contributed by atoms with E-state index in [4.69, 9.17) is 19.9 Å². The van der Waals surface area contributed by atoms with Crippen molar-refractivity contribution in [2.24, 2.45) is 0 Å². The number of benzene rings is 3. The zero-order valence-electron chi connectivity index (χ0n) is 27.1. The first-order valence-corrected chi connectivity index (χ1v) is 16.0. The van der Waals surface area contributed by atoms with Gasteiger partial charge in [-0.25, -0.2) is 19.9 Å². The number of hydrogen-bond acceptors (Lipinski definition) is 4. The highest BCUT2D eigenvalue weighted by molar-refractivity contribution is 6.05. The van der Waals surface area contributed by atoms with Gasteiger partial charge in [-0.05, 0) is 55.3 Å². The maximum atomic E-state index is 5.18. The number of pyridine rings is 4. The molecule has 0 aliphatic carbocycles. The zero-order chi connectivity index (χ0) is 33.0. The molecule has 0 aliphatic heterocycles. The van der Waals surface area contributed by atoms with Crippen molar-refractivity contribution in [1.82, 2.24) is 19.9 Å². The SMILES string of the molecule is C=C/C=C\C(=C/C)c1ccc2ccc3ccc(-c4cccc(-c5ccc6ccc7ccc(/C(C=C)=C/C=C\C)nc7c6n5)c4)nc3c2n1. The molecule has 7 rings (SSSR count). The molecule has 4 heteroatoms. The van der Waals surface area contributed by atoms with Crippen molar-refractivity contribution in [2.45, 2.75) is 13.8 Å². The fraction of sp³-hybridized carbons (Fsp3) is 0.0455. The van der Waals surface area contributed by atoms with Crippen molar-refractivity contribution in [3.63, 3.8) is 0 Å². The fourth-order valence-electron chi connectivity index (χ4n) is 5.98. The van der Waals surface area contributed by atoms with E-state index in [9.17, 15) is 0 Å². The lowest BCUT2D eigenvalue weighted by atomic mass is 10.0. The monoisotopic (exact) mass is 618 g/mol. The minimum Gasteiger partial charge on any atom is -0.246 e. The van der Waals surface area contributed by atoms with Crippen LogP contribution in [0.25, 0.3) is 77.3 Å². The van der Waals surface area contributed by atoms with E-state index in [2.05, 4.69) is 110 Å². The molecule has 7 aromatic rings.